The lowest BCUT2D eigenvalue weighted by molar-refractivity contribution is 0.171. The maximum atomic E-state index is 5.61. The second-order valence-electron chi connectivity index (χ2n) is 5.85. The van der Waals surface area contributed by atoms with Crippen molar-refractivity contribution in [2.45, 2.75) is 6.92 Å². The molecule has 138 valence electrons. The maximum Gasteiger partial charge on any atom is 0.163 e. The van der Waals surface area contributed by atoms with Crippen molar-refractivity contribution in [3.8, 4) is 17.2 Å². The van der Waals surface area contributed by atoms with Gasteiger partial charge in [0.1, 0.15) is 36.9 Å². The van der Waals surface area contributed by atoms with Crippen LogP contribution in [0.5, 0.6) is 17.2 Å². The highest BCUT2D eigenvalue weighted by Crippen LogP contribution is 2.33. The van der Waals surface area contributed by atoms with Gasteiger partial charge in [-0.1, -0.05) is 0 Å². The zero-order chi connectivity index (χ0) is 18.5. The summed E-state index contributed by atoms with van der Waals surface area (Å²) in [5.41, 5.74) is 1.78. The van der Waals surface area contributed by atoms with Gasteiger partial charge < -0.3 is 24.8 Å². The summed E-state index contributed by atoms with van der Waals surface area (Å²) in [5, 5.41) is 6.52. The highest BCUT2D eigenvalue weighted by molar-refractivity contribution is 5.65. The molecule has 0 saturated heterocycles. The monoisotopic (exact) mass is 364 g/mol. The minimum absolute atomic E-state index is 0.556. The molecule has 1 aliphatic rings. The lowest BCUT2D eigenvalue weighted by atomic mass is 10.2. The SMILES string of the molecule is CCOc1ccc(Nc2cc(Nc3ccc4c(c3)OCCO4)ncn2)cc1. The number of hydrogen-bond acceptors (Lipinski definition) is 7. The Hall–Kier alpha value is -3.48. The summed E-state index contributed by atoms with van der Waals surface area (Å²) in [6.45, 7) is 3.74. The molecule has 0 spiro atoms. The van der Waals surface area contributed by atoms with Gasteiger partial charge in [-0.2, -0.15) is 0 Å². The van der Waals surface area contributed by atoms with E-state index in [-0.39, 0.29) is 0 Å². The maximum absolute atomic E-state index is 5.61. The van der Waals surface area contributed by atoms with Crippen LogP contribution in [0.3, 0.4) is 0 Å². The number of fused-ring (bicyclic) bond motifs is 1. The van der Waals surface area contributed by atoms with E-state index in [4.69, 9.17) is 14.2 Å². The molecule has 3 aromatic rings. The average molecular weight is 364 g/mol. The smallest absolute Gasteiger partial charge is 0.163 e. The van der Waals surface area contributed by atoms with Crippen molar-refractivity contribution in [1.82, 2.24) is 9.97 Å². The summed E-state index contributed by atoms with van der Waals surface area (Å²) < 4.78 is 16.6. The van der Waals surface area contributed by atoms with Crippen LogP contribution < -0.4 is 24.8 Å². The van der Waals surface area contributed by atoms with Crippen molar-refractivity contribution in [2.24, 2.45) is 0 Å². The number of nitrogens with zero attached hydrogens (tertiary/aromatic N) is 2. The van der Waals surface area contributed by atoms with Crippen LogP contribution in [0.25, 0.3) is 0 Å². The van der Waals surface area contributed by atoms with Crippen molar-refractivity contribution >= 4 is 23.0 Å². The van der Waals surface area contributed by atoms with Crippen molar-refractivity contribution < 1.29 is 14.2 Å². The van der Waals surface area contributed by atoms with E-state index in [0.717, 1.165) is 28.6 Å². The molecule has 1 aromatic heterocycles. The van der Waals surface area contributed by atoms with E-state index in [2.05, 4.69) is 20.6 Å². The van der Waals surface area contributed by atoms with Crippen molar-refractivity contribution in [2.75, 3.05) is 30.5 Å². The van der Waals surface area contributed by atoms with Gasteiger partial charge in [0, 0.05) is 23.5 Å². The van der Waals surface area contributed by atoms with E-state index in [1.165, 1.54) is 6.33 Å². The third kappa shape index (κ3) is 4.20. The lowest BCUT2D eigenvalue weighted by Crippen LogP contribution is -2.15. The molecule has 0 atom stereocenters. The molecule has 0 unspecified atom stereocenters. The van der Waals surface area contributed by atoms with E-state index in [0.29, 0.717) is 31.5 Å². The Morgan fingerprint density at radius 2 is 1.52 bits per heavy atom. The highest BCUT2D eigenvalue weighted by Gasteiger charge is 2.12. The number of hydrogen-bond donors (Lipinski definition) is 2. The predicted molar refractivity (Wildman–Crippen MR) is 104 cm³/mol. The average Bonchev–Trinajstić information content (AvgIpc) is 2.70. The summed E-state index contributed by atoms with van der Waals surface area (Å²) in [5.74, 6) is 3.69. The van der Waals surface area contributed by atoms with Crippen molar-refractivity contribution in [3.63, 3.8) is 0 Å². The molecule has 7 heteroatoms. The minimum atomic E-state index is 0.556. The van der Waals surface area contributed by atoms with Crippen LogP contribution in [0.4, 0.5) is 23.0 Å². The van der Waals surface area contributed by atoms with E-state index in [1.807, 2.05) is 55.5 Å². The van der Waals surface area contributed by atoms with E-state index in [9.17, 15) is 0 Å². The molecule has 0 aliphatic carbocycles. The zero-order valence-electron chi connectivity index (χ0n) is 14.9. The fourth-order valence-corrected chi connectivity index (χ4v) is 2.71. The van der Waals surface area contributed by atoms with Crippen LogP contribution in [-0.2, 0) is 0 Å². The zero-order valence-corrected chi connectivity index (χ0v) is 14.9. The van der Waals surface area contributed by atoms with Gasteiger partial charge in [-0.3, -0.25) is 0 Å². The summed E-state index contributed by atoms with van der Waals surface area (Å²) >= 11 is 0. The van der Waals surface area contributed by atoms with Crippen LogP contribution >= 0.6 is 0 Å². The first-order chi connectivity index (χ1) is 13.3. The fourth-order valence-electron chi connectivity index (χ4n) is 2.71. The Labute approximate surface area is 157 Å². The van der Waals surface area contributed by atoms with Crippen LogP contribution in [0.1, 0.15) is 6.92 Å². The first-order valence-electron chi connectivity index (χ1n) is 8.79. The van der Waals surface area contributed by atoms with Crippen molar-refractivity contribution in [3.05, 3.63) is 54.9 Å². The molecule has 2 N–H and O–H groups in total. The largest absolute Gasteiger partial charge is 0.494 e. The van der Waals surface area contributed by atoms with E-state index in [1.54, 1.807) is 0 Å². The van der Waals surface area contributed by atoms with E-state index >= 15 is 0 Å². The van der Waals surface area contributed by atoms with Gasteiger partial charge in [-0.05, 0) is 43.3 Å². The molecule has 2 heterocycles. The Balaban J connectivity index is 1.46. The minimum Gasteiger partial charge on any atom is -0.494 e. The Morgan fingerprint density at radius 3 is 2.26 bits per heavy atom. The second kappa shape index (κ2) is 7.82. The summed E-state index contributed by atoms with van der Waals surface area (Å²) in [6, 6.07) is 15.3. The molecule has 4 rings (SSSR count). The summed E-state index contributed by atoms with van der Waals surface area (Å²) in [4.78, 5) is 8.54. The van der Waals surface area contributed by atoms with Gasteiger partial charge >= 0.3 is 0 Å². The van der Waals surface area contributed by atoms with Gasteiger partial charge in [-0.25, -0.2) is 9.97 Å². The van der Waals surface area contributed by atoms with Crippen LogP contribution in [0, 0.1) is 0 Å². The van der Waals surface area contributed by atoms with Crippen LogP contribution in [-0.4, -0.2) is 29.8 Å². The number of rotatable bonds is 6. The molecule has 7 nitrogen and oxygen atoms in total. The van der Waals surface area contributed by atoms with Gasteiger partial charge in [0.05, 0.1) is 6.61 Å². The molecular weight excluding hydrogens is 344 g/mol. The second-order valence-corrected chi connectivity index (χ2v) is 5.85. The van der Waals surface area contributed by atoms with Gasteiger partial charge in [0.2, 0.25) is 0 Å². The number of ether oxygens (including phenoxy) is 3. The molecule has 0 saturated carbocycles. The van der Waals surface area contributed by atoms with Crippen LogP contribution in [0.2, 0.25) is 0 Å². The van der Waals surface area contributed by atoms with Crippen molar-refractivity contribution in [1.29, 1.82) is 0 Å². The first-order valence-corrected chi connectivity index (χ1v) is 8.79. The summed E-state index contributed by atoms with van der Waals surface area (Å²) in [6.07, 6.45) is 1.51. The van der Waals surface area contributed by atoms with E-state index < -0.39 is 0 Å². The predicted octanol–water partition coefficient (Wildman–Crippen LogP) is 4.13. The first kappa shape index (κ1) is 17.0. The molecule has 0 bridgehead atoms. The molecule has 27 heavy (non-hydrogen) atoms. The fraction of sp³-hybridized carbons (Fsp3) is 0.200. The number of anilines is 4. The molecule has 0 amide bonds. The lowest BCUT2D eigenvalue weighted by Gasteiger charge is -2.19. The molecular formula is C20H20N4O3. The summed E-state index contributed by atoms with van der Waals surface area (Å²) in [7, 11) is 0. The molecule has 0 radical (unpaired) electrons. The topological polar surface area (TPSA) is 77.5 Å². The normalized spacial score (nSPS) is 12.3. The molecule has 2 aromatic carbocycles. The Kier molecular flexibility index (Phi) is 4.91. The molecule has 1 aliphatic heterocycles. The Morgan fingerprint density at radius 1 is 0.852 bits per heavy atom. The number of nitrogens with one attached hydrogen (secondary N) is 2. The third-order valence-electron chi connectivity index (χ3n) is 3.92. The number of benzene rings is 2. The third-order valence-corrected chi connectivity index (χ3v) is 3.92. The van der Waals surface area contributed by atoms with Gasteiger partial charge in [-0.15, -0.1) is 0 Å². The van der Waals surface area contributed by atoms with Crippen LogP contribution in [0.15, 0.2) is 54.9 Å². The Bertz CT molecular complexity index is 915. The molecule has 0 fully saturated rings. The highest BCUT2D eigenvalue weighted by atomic mass is 16.6. The quantitative estimate of drug-likeness (QED) is 0.681. The van der Waals surface area contributed by atoms with Gasteiger partial charge in [0.25, 0.3) is 0 Å². The standard InChI is InChI=1S/C20H20N4O3/c1-2-25-16-6-3-14(4-7-16)23-19-12-20(22-13-21-19)24-15-5-8-17-18(11-15)27-10-9-26-17/h3-8,11-13H,2,9-10H2,1H3,(H2,21,22,23,24). The number of aromatic nitrogens is 2. The van der Waals surface area contributed by atoms with Gasteiger partial charge in [0.15, 0.2) is 11.5 Å².